The van der Waals surface area contributed by atoms with E-state index in [-0.39, 0.29) is 12.1 Å². The number of aromatic nitrogens is 3. The molecule has 0 bridgehead atoms. The number of ether oxygens (including phenoxy) is 2. The number of anilines is 1. The van der Waals surface area contributed by atoms with Crippen LogP contribution in [0.15, 0.2) is 35.3 Å². The van der Waals surface area contributed by atoms with Gasteiger partial charge in [0.1, 0.15) is 17.0 Å². The molecule has 2 aromatic heterocycles. The van der Waals surface area contributed by atoms with Crippen molar-refractivity contribution in [2.24, 2.45) is 0 Å². The molecule has 4 rings (SSSR count). The number of rotatable bonds is 5. The third-order valence-electron chi connectivity index (χ3n) is 5.42. The van der Waals surface area contributed by atoms with E-state index in [4.69, 9.17) is 26.1 Å². The number of fused-ring (bicyclic) bond motifs is 1. The summed E-state index contributed by atoms with van der Waals surface area (Å²) in [6.45, 7) is 1.94. The summed E-state index contributed by atoms with van der Waals surface area (Å²) < 4.78 is 11.5. The predicted molar refractivity (Wildman–Crippen MR) is 118 cm³/mol. The lowest BCUT2D eigenvalue weighted by molar-refractivity contribution is 0.0598. The minimum absolute atomic E-state index is 0.0658. The van der Waals surface area contributed by atoms with E-state index in [0.29, 0.717) is 27.8 Å². The average molecular weight is 443 g/mol. The minimum Gasteiger partial charge on any atom is -0.495 e. The first-order valence-corrected chi connectivity index (χ1v) is 10.5. The molecule has 1 aromatic carbocycles. The number of hydrogen-bond acceptors (Lipinski definition) is 7. The summed E-state index contributed by atoms with van der Waals surface area (Å²) in [6, 6.07) is 6.78. The van der Waals surface area contributed by atoms with Crippen molar-refractivity contribution in [2.75, 3.05) is 32.2 Å². The van der Waals surface area contributed by atoms with Gasteiger partial charge in [0.25, 0.3) is 5.56 Å². The highest BCUT2D eigenvalue weighted by molar-refractivity contribution is 6.32. The van der Waals surface area contributed by atoms with Crippen molar-refractivity contribution >= 4 is 34.6 Å². The second kappa shape index (κ2) is 8.93. The largest absolute Gasteiger partial charge is 0.495 e. The van der Waals surface area contributed by atoms with Crippen molar-refractivity contribution in [3.05, 3.63) is 57.0 Å². The molecule has 1 aliphatic heterocycles. The number of benzene rings is 1. The van der Waals surface area contributed by atoms with Gasteiger partial charge < -0.3 is 14.4 Å². The van der Waals surface area contributed by atoms with Crippen LogP contribution in [0.2, 0.25) is 5.02 Å². The van der Waals surface area contributed by atoms with Gasteiger partial charge >= 0.3 is 5.97 Å². The molecule has 0 atom stereocenters. The molecule has 1 aliphatic rings. The number of carbonyl (C=O) groups excluding carboxylic acids is 1. The summed E-state index contributed by atoms with van der Waals surface area (Å²) in [5.74, 6) is 0.424. The highest BCUT2D eigenvalue weighted by atomic mass is 35.5. The predicted octanol–water partition coefficient (Wildman–Crippen LogP) is 3.28. The number of carbonyl (C=O) groups is 1. The average Bonchev–Trinajstić information content (AvgIpc) is 2.80. The summed E-state index contributed by atoms with van der Waals surface area (Å²) in [4.78, 5) is 36.7. The van der Waals surface area contributed by atoms with E-state index in [0.717, 1.165) is 31.5 Å². The van der Waals surface area contributed by atoms with Gasteiger partial charge in [0.05, 0.1) is 25.8 Å². The van der Waals surface area contributed by atoms with Crippen molar-refractivity contribution in [1.82, 2.24) is 14.5 Å². The normalized spacial score (nSPS) is 14.0. The van der Waals surface area contributed by atoms with Crippen LogP contribution in [0, 0.1) is 0 Å². The fraction of sp³-hybridized carbons (Fsp3) is 0.364. The van der Waals surface area contributed by atoms with Crippen LogP contribution in [0.1, 0.15) is 35.2 Å². The maximum absolute atomic E-state index is 13.2. The Balaban J connectivity index is 1.86. The van der Waals surface area contributed by atoms with Crippen LogP contribution in [0.25, 0.3) is 11.0 Å². The summed E-state index contributed by atoms with van der Waals surface area (Å²) in [7, 11) is 2.79. The van der Waals surface area contributed by atoms with Crippen LogP contribution in [0.5, 0.6) is 5.75 Å². The second-order valence-electron chi connectivity index (χ2n) is 7.41. The van der Waals surface area contributed by atoms with Gasteiger partial charge in [-0.2, -0.15) is 4.98 Å². The summed E-state index contributed by atoms with van der Waals surface area (Å²) in [5.41, 5.74) is 0.688. The van der Waals surface area contributed by atoms with Crippen molar-refractivity contribution in [1.29, 1.82) is 0 Å². The monoisotopic (exact) mass is 442 g/mol. The zero-order chi connectivity index (χ0) is 22.0. The molecule has 0 saturated carbocycles. The molecule has 0 spiro atoms. The Morgan fingerprint density at radius 2 is 1.94 bits per heavy atom. The second-order valence-corrected chi connectivity index (χ2v) is 7.81. The molecule has 9 heteroatoms. The fourth-order valence-electron chi connectivity index (χ4n) is 3.79. The van der Waals surface area contributed by atoms with E-state index in [1.165, 1.54) is 31.3 Å². The lowest BCUT2D eigenvalue weighted by Gasteiger charge is -2.26. The molecule has 1 fully saturated rings. The number of piperidine rings is 1. The molecule has 0 amide bonds. The summed E-state index contributed by atoms with van der Waals surface area (Å²) in [6.07, 6.45) is 5.00. The molecule has 0 unspecified atom stereocenters. The lowest BCUT2D eigenvalue weighted by Crippen LogP contribution is -2.32. The van der Waals surface area contributed by atoms with Gasteiger partial charge in [0.15, 0.2) is 0 Å². The zero-order valence-corrected chi connectivity index (χ0v) is 18.2. The van der Waals surface area contributed by atoms with E-state index >= 15 is 0 Å². The van der Waals surface area contributed by atoms with E-state index < -0.39 is 11.5 Å². The molecule has 0 N–H and O–H groups in total. The van der Waals surface area contributed by atoms with Crippen LogP contribution >= 0.6 is 11.6 Å². The molecule has 3 aromatic rings. The summed E-state index contributed by atoms with van der Waals surface area (Å²) >= 11 is 6.27. The number of esters is 1. The third-order valence-corrected chi connectivity index (χ3v) is 5.71. The van der Waals surface area contributed by atoms with E-state index in [1.54, 1.807) is 18.3 Å². The number of halogens is 1. The molecule has 162 valence electrons. The maximum Gasteiger partial charge on any atom is 0.343 e. The maximum atomic E-state index is 13.2. The number of methoxy groups -OCH3 is 2. The van der Waals surface area contributed by atoms with Crippen LogP contribution in [-0.4, -0.2) is 47.8 Å². The molecule has 8 nitrogen and oxygen atoms in total. The first-order valence-electron chi connectivity index (χ1n) is 10.1. The number of pyridine rings is 1. The molecule has 0 radical (unpaired) electrons. The standard InChI is InChI=1S/C22H23ClN4O4/c1-30-18-7-6-14(10-17(18)23)13-27-19-15(11-16(20(27)28)21(29)31-2)12-24-22(25-19)26-8-4-3-5-9-26/h6-7,10-12H,3-5,8-9,13H2,1-2H3. The van der Waals surface area contributed by atoms with Crippen LogP contribution in [-0.2, 0) is 11.3 Å². The molecular formula is C22H23ClN4O4. The van der Waals surface area contributed by atoms with Crippen LogP contribution in [0.4, 0.5) is 5.95 Å². The molecule has 1 saturated heterocycles. The molecule has 31 heavy (non-hydrogen) atoms. The molecule has 3 heterocycles. The van der Waals surface area contributed by atoms with Gasteiger partial charge in [-0.05, 0) is 43.0 Å². The summed E-state index contributed by atoms with van der Waals surface area (Å²) in [5, 5.41) is 1.02. The van der Waals surface area contributed by atoms with Crippen molar-refractivity contribution in [3.63, 3.8) is 0 Å². The quantitative estimate of drug-likeness (QED) is 0.560. The highest BCUT2D eigenvalue weighted by Gasteiger charge is 2.20. The topological polar surface area (TPSA) is 86.6 Å². The van der Waals surface area contributed by atoms with E-state index in [2.05, 4.69) is 9.88 Å². The smallest absolute Gasteiger partial charge is 0.343 e. The minimum atomic E-state index is -0.700. The van der Waals surface area contributed by atoms with Crippen molar-refractivity contribution in [2.45, 2.75) is 25.8 Å². The van der Waals surface area contributed by atoms with E-state index in [1.807, 2.05) is 6.07 Å². The van der Waals surface area contributed by atoms with Crippen LogP contribution < -0.4 is 15.2 Å². The van der Waals surface area contributed by atoms with Gasteiger partial charge in [0, 0.05) is 24.7 Å². The van der Waals surface area contributed by atoms with Crippen LogP contribution in [0.3, 0.4) is 0 Å². The SMILES string of the molecule is COC(=O)c1cc2cnc(N3CCCCC3)nc2n(Cc2ccc(OC)c(Cl)c2)c1=O. The Morgan fingerprint density at radius 3 is 2.61 bits per heavy atom. The Labute approximate surface area is 184 Å². The first kappa shape index (κ1) is 21.1. The van der Waals surface area contributed by atoms with Gasteiger partial charge in [-0.3, -0.25) is 9.36 Å². The fourth-order valence-corrected chi connectivity index (χ4v) is 4.07. The van der Waals surface area contributed by atoms with Gasteiger partial charge in [-0.1, -0.05) is 17.7 Å². The number of hydrogen-bond donors (Lipinski definition) is 0. The number of nitrogens with zero attached hydrogens (tertiary/aromatic N) is 4. The van der Waals surface area contributed by atoms with E-state index in [9.17, 15) is 9.59 Å². The van der Waals surface area contributed by atoms with Crippen molar-refractivity contribution in [3.8, 4) is 5.75 Å². The first-order chi connectivity index (χ1) is 15.0. The van der Waals surface area contributed by atoms with Gasteiger partial charge in [-0.15, -0.1) is 0 Å². The Bertz CT molecular complexity index is 1190. The molecular weight excluding hydrogens is 420 g/mol. The lowest BCUT2D eigenvalue weighted by atomic mass is 10.1. The van der Waals surface area contributed by atoms with Gasteiger partial charge in [0.2, 0.25) is 5.95 Å². The Morgan fingerprint density at radius 1 is 1.16 bits per heavy atom. The highest BCUT2D eigenvalue weighted by Crippen LogP contribution is 2.26. The third kappa shape index (κ3) is 4.20. The Kier molecular flexibility index (Phi) is 6.08. The Hall–Kier alpha value is -3.13. The van der Waals surface area contributed by atoms with Crippen molar-refractivity contribution < 1.29 is 14.3 Å². The zero-order valence-electron chi connectivity index (χ0n) is 17.4. The van der Waals surface area contributed by atoms with Gasteiger partial charge in [-0.25, -0.2) is 9.78 Å². The molecule has 0 aliphatic carbocycles.